The number of hydrogen-bond donors (Lipinski definition) is 2. The maximum absolute atomic E-state index is 10.7. The lowest BCUT2D eigenvalue weighted by molar-refractivity contribution is 0.497. The van der Waals surface area contributed by atoms with Gasteiger partial charge in [-0.1, -0.05) is 0 Å². The van der Waals surface area contributed by atoms with Gasteiger partial charge in [0.05, 0.1) is 5.25 Å². The van der Waals surface area contributed by atoms with Crippen molar-refractivity contribution in [3.8, 4) is 0 Å². The largest absolute Gasteiger partial charge is 0.412 e. The summed E-state index contributed by atoms with van der Waals surface area (Å²) in [5, 5.41) is 7.71. The van der Waals surface area contributed by atoms with Crippen molar-refractivity contribution in [2.75, 3.05) is 13.1 Å². The summed E-state index contributed by atoms with van der Waals surface area (Å²) in [6.07, 6.45) is 1.30. The van der Waals surface area contributed by atoms with Crippen LogP contribution in [-0.4, -0.2) is 32.2 Å². The number of rotatable bonds is 1. The molecule has 0 atom stereocenters. The fourth-order valence-corrected chi connectivity index (χ4v) is 2.02. The average Bonchev–Trinajstić information content (AvgIpc) is 1.88. The number of primary sulfonamides is 1. The van der Waals surface area contributed by atoms with Gasteiger partial charge >= 0.3 is 0 Å². The van der Waals surface area contributed by atoms with Gasteiger partial charge in [0, 0.05) is 0 Å². The lowest BCUT2D eigenvalue weighted by Gasteiger charge is -2.19. The van der Waals surface area contributed by atoms with Gasteiger partial charge in [0.25, 0.3) is 0 Å². The van der Waals surface area contributed by atoms with Gasteiger partial charge in [-0.25, -0.2) is 13.6 Å². The third-order valence-electron chi connectivity index (χ3n) is 1.75. The molecule has 5 N–H and O–H groups in total. The summed E-state index contributed by atoms with van der Waals surface area (Å²) in [4.78, 5) is 0. The molecule has 0 aliphatic carbocycles. The topological polar surface area (TPSA) is 104 Å². The Morgan fingerprint density at radius 3 is 2.00 bits per heavy atom. The molecule has 0 aromatic carbocycles. The Morgan fingerprint density at radius 1 is 1.27 bits per heavy atom. The highest BCUT2D eigenvalue weighted by molar-refractivity contribution is 7.89. The number of hydrogen-bond acceptors (Lipinski definition) is 3. The molecule has 5 nitrogen and oxygen atoms in total. The predicted molar refractivity (Wildman–Crippen MR) is 42.6 cm³/mol. The second-order valence-electron chi connectivity index (χ2n) is 2.54. The molecule has 1 aliphatic heterocycles. The summed E-state index contributed by atoms with van der Waals surface area (Å²) in [5.41, 5.74) is 0. The first-order valence-electron chi connectivity index (χ1n) is 3.33. The van der Waals surface area contributed by atoms with Gasteiger partial charge < -0.3 is 10.8 Å². The molecule has 0 aromatic rings. The van der Waals surface area contributed by atoms with E-state index in [9.17, 15) is 8.42 Å². The van der Waals surface area contributed by atoms with E-state index >= 15 is 0 Å². The summed E-state index contributed by atoms with van der Waals surface area (Å²) >= 11 is 0. The Kier molecular flexibility index (Phi) is 3.95. The van der Waals surface area contributed by atoms with Crippen molar-refractivity contribution in [2.45, 2.75) is 18.1 Å². The molecule has 0 unspecified atom stereocenters. The first-order chi connectivity index (χ1) is 4.61. The van der Waals surface area contributed by atoms with Gasteiger partial charge in [0.15, 0.2) is 0 Å². The van der Waals surface area contributed by atoms with Gasteiger partial charge in [-0.3, -0.25) is 0 Å². The quantitative estimate of drug-likeness (QED) is 0.500. The smallest absolute Gasteiger partial charge is 0.212 e. The third-order valence-corrected chi connectivity index (χ3v) is 3.15. The normalized spacial score (nSPS) is 20.8. The number of piperidine rings is 1. The first kappa shape index (κ1) is 10.8. The summed E-state index contributed by atoms with van der Waals surface area (Å²) in [5.74, 6) is 0. The zero-order valence-corrected chi connectivity index (χ0v) is 7.02. The van der Waals surface area contributed by atoms with Crippen molar-refractivity contribution in [3.05, 3.63) is 0 Å². The van der Waals surface area contributed by atoms with Crippen LogP contribution < -0.4 is 10.5 Å². The Morgan fingerprint density at radius 2 is 1.73 bits per heavy atom. The molecule has 11 heavy (non-hydrogen) atoms. The monoisotopic (exact) mass is 182 g/mol. The molecule has 0 amide bonds. The first-order valence-corrected chi connectivity index (χ1v) is 4.94. The van der Waals surface area contributed by atoms with Crippen molar-refractivity contribution in [3.63, 3.8) is 0 Å². The fraction of sp³-hybridized carbons (Fsp3) is 1.00. The Hall–Kier alpha value is -0.170. The molecule has 6 heteroatoms. The molecule has 1 heterocycles. The molecular weight excluding hydrogens is 168 g/mol. The van der Waals surface area contributed by atoms with Crippen LogP contribution in [0.25, 0.3) is 0 Å². The summed E-state index contributed by atoms with van der Waals surface area (Å²) in [6, 6.07) is 0. The van der Waals surface area contributed by atoms with Crippen LogP contribution in [0.3, 0.4) is 0 Å². The van der Waals surface area contributed by atoms with E-state index in [2.05, 4.69) is 5.32 Å². The number of nitrogens with two attached hydrogens (primary N) is 1. The van der Waals surface area contributed by atoms with Crippen LogP contribution >= 0.6 is 0 Å². The van der Waals surface area contributed by atoms with Crippen LogP contribution in [0.1, 0.15) is 12.8 Å². The standard InChI is InChI=1S/C5H12N2O2S.H2O/c6-10(8,9)5-1-3-7-4-2-5;/h5,7H,1-4H2,(H2,6,8,9);1H2. The molecule has 1 aliphatic rings. The average molecular weight is 182 g/mol. The minimum absolute atomic E-state index is 0. The van der Waals surface area contributed by atoms with Crippen molar-refractivity contribution in [2.24, 2.45) is 5.14 Å². The molecule has 0 saturated carbocycles. The zero-order chi connectivity index (χ0) is 7.61. The molecule has 1 rings (SSSR count). The van der Waals surface area contributed by atoms with E-state index in [0.29, 0.717) is 12.8 Å². The minimum atomic E-state index is -3.27. The zero-order valence-electron chi connectivity index (χ0n) is 6.21. The second kappa shape index (κ2) is 4.01. The van der Waals surface area contributed by atoms with Crippen LogP contribution in [-0.2, 0) is 10.0 Å². The maximum Gasteiger partial charge on any atom is 0.212 e. The molecule has 1 saturated heterocycles. The Labute approximate surface area is 66.3 Å². The molecule has 0 bridgehead atoms. The van der Waals surface area contributed by atoms with Gasteiger partial charge in [0.1, 0.15) is 0 Å². The molecular formula is C5H14N2O3S. The van der Waals surface area contributed by atoms with Gasteiger partial charge in [-0.2, -0.15) is 0 Å². The van der Waals surface area contributed by atoms with Crippen molar-refractivity contribution in [1.29, 1.82) is 0 Å². The Bertz CT molecular complexity index is 196. The van der Waals surface area contributed by atoms with E-state index in [1.807, 2.05) is 0 Å². The number of nitrogens with one attached hydrogen (secondary N) is 1. The number of sulfonamides is 1. The van der Waals surface area contributed by atoms with Crippen molar-refractivity contribution in [1.82, 2.24) is 5.32 Å². The molecule has 0 aromatic heterocycles. The van der Waals surface area contributed by atoms with Crippen LogP contribution in [0, 0.1) is 0 Å². The molecule has 0 spiro atoms. The van der Waals surface area contributed by atoms with E-state index in [1.165, 1.54) is 0 Å². The highest BCUT2D eigenvalue weighted by atomic mass is 32.2. The van der Waals surface area contributed by atoms with Gasteiger partial charge in [0.2, 0.25) is 10.0 Å². The Balaban J connectivity index is 0.000001000. The molecule has 0 radical (unpaired) electrons. The van der Waals surface area contributed by atoms with E-state index < -0.39 is 10.0 Å². The highest BCUT2D eigenvalue weighted by Crippen LogP contribution is 2.08. The maximum atomic E-state index is 10.7. The van der Waals surface area contributed by atoms with Gasteiger partial charge in [-0.15, -0.1) is 0 Å². The van der Waals surface area contributed by atoms with E-state index in [1.54, 1.807) is 0 Å². The molecule has 1 fully saturated rings. The highest BCUT2D eigenvalue weighted by Gasteiger charge is 2.22. The lowest BCUT2D eigenvalue weighted by Crippen LogP contribution is -2.38. The van der Waals surface area contributed by atoms with Crippen LogP contribution in [0.2, 0.25) is 0 Å². The van der Waals surface area contributed by atoms with Crippen LogP contribution in [0.15, 0.2) is 0 Å². The van der Waals surface area contributed by atoms with Crippen molar-refractivity contribution >= 4 is 10.0 Å². The summed E-state index contributed by atoms with van der Waals surface area (Å²) < 4.78 is 21.5. The van der Waals surface area contributed by atoms with E-state index in [0.717, 1.165) is 13.1 Å². The lowest BCUT2D eigenvalue weighted by atomic mass is 10.2. The molecule has 68 valence electrons. The summed E-state index contributed by atoms with van der Waals surface area (Å²) in [6.45, 7) is 1.53. The van der Waals surface area contributed by atoms with E-state index in [4.69, 9.17) is 5.14 Å². The summed E-state index contributed by atoms with van der Waals surface area (Å²) in [7, 11) is -3.27. The minimum Gasteiger partial charge on any atom is -0.412 e. The fourth-order valence-electron chi connectivity index (χ4n) is 1.12. The third kappa shape index (κ3) is 3.15. The van der Waals surface area contributed by atoms with Gasteiger partial charge in [-0.05, 0) is 25.9 Å². The van der Waals surface area contributed by atoms with Crippen molar-refractivity contribution < 1.29 is 13.9 Å². The van der Waals surface area contributed by atoms with Crippen LogP contribution in [0.5, 0.6) is 0 Å². The predicted octanol–water partition coefficient (Wildman–Crippen LogP) is -1.80. The second-order valence-corrected chi connectivity index (χ2v) is 4.38. The van der Waals surface area contributed by atoms with Crippen LogP contribution in [0.4, 0.5) is 0 Å². The SMILES string of the molecule is NS(=O)(=O)C1CCNCC1.O. The van der Waals surface area contributed by atoms with E-state index in [-0.39, 0.29) is 10.7 Å².